The van der Waals surface area contributed by atoms with Gasteiger partial charge in [-0.15, -0.1) is 0 Å². The van der Waals surface area contributed by atoms with Crippen molar-refractivity contribution in [3.63, 3.8) is 0 Å². The Morgan fingerprint density at radius 2 is 2.05 bits per heavy atom. The first-order valence-electron chi connectivity index (χ1n) is 8.39. The van der Waals surface area contributed by atoms with Crippen molar-refractivity contribution in [2.24, 2.45) is 22.2 Å². The lowest BCUT2D eigenvalue weighted by molar-refractivity contribution is -0.145. The normalized spacial score (nSPS) is 22.8. The van der Waals surface area contributed by atoms with Gasteiger partial charge in [0.05, 0.1) is 13.0 Å². The first-order valence-corrected chi connectivity index (χ1v) is 8.39. The number of nitrogens with one attached hydrogen (secondary N) is 1. The van der Waals surface area contributed by atoms with Crippen LogP contribution in [0, 0.1) is 17.3 Å². The van der Waals surface area contributed by atoms with Gasteiger partial charge in [-0.3, -0.25) is 9.79 Å². The first kappa shape index (κ1) is 18.8. The standard InChI is InChI=1S/C17H33N3O2/c1-7-18-16(19-10-8-9-17(3,4)5)20-11-13(2)14(12-20)15(21)22-6/h13-14H,7-12H2,1-6H3,(H,18,19). The molecule has 5 heteroatoms. The van der Waals surface area contributed by atoms with Gasteiger partial charge >= 0.3 is 5.97 Å². The number of esters is 1. The number of nitrogens with zero attached hydrogens (tertiary/aromatic N) is 2. The molecule has 0 aromatic heterocycles. The van der Waals surface area contributed by atoms with Crippen molar-refractivity contribution in [1.29, 1.82) is 0 Å². The third-order valence-electron chi connectivity index (χ3n) is 4.10. The molecular weight excluding hydrogens is 278 g/mol. The fourth-order valence-corrected chi connectivity index (χ4v) is 2.82. The highest BCUT2D eigenvalue weighted by Gasteiger charge is 2.36. The molecule has 1 aliphatic rings. The minimum atomic E-state index is -0.112. The monoisotopic (exact) mass is 311 g/mol. The van der Waals surface area contributed by atoms with Crippen LogP contribution in [0.1, 0.15) is 47.5 Å². The van der Waals surface area contributed by atoms with E-state index in [-0.39, 0.29) is 11.9 Å². The molecule has 0 aliphatic carbocycles. The molecule has 1 heterocycles. The lowest BCUT2D eigenvalue weighted by atomic mass is 9.91. The topological polar surface area (TPSA) is 53.9 Å². The number of guanidine groups is 1. The summed E-state index contributed by atoms with van der Waals surface area (Å²) in [6.07, 6.45) is 2.25. The molecule has 0 aromatic carbocycles. The minimum absolute atomic E-state index is 0.0524. The molecule has 128 valence electrons. The summed E-state index contributed by atoms with van der Waals surface area (Å²) in [4.78, 5) is 18.7. The average molecular weight is 311 g/mol. The molecule has 0 saturated carbocycles. The predicted octanol–water partition coefficient (Wildman–Crippen LogP) is 2.52. The van der Waals surface area contributed by atoms with E-state index < -0.39 is 0 Å². The van der Waals surface area contributed by atoms with Crippen LogP contribution >= 0.6 is 0 Å². The highest BCUT2D eigenvalue weighted by molar-refractivity contribution is 5.82. The van der Waals surface area contributed by atoms with E-state index in [1.54, 1.807) is 0 Å². The van der Waals surface area contributed by atoms with Crippen LogP contribution in [0.3, 0.4) is 0 Å². The predicted molar refractivity (Wildman–Crippen MR) is 90.9 cm³/mol. The second-order valence-corrected chi connectivity index (χ2v) is 7.41. The molecule has 2 atom stereocenters. The van der Waals surface area contributed by atoms with Crippen molar-refractivity contribution >= 4 is 11.9 Å². The molecule has 0 bridgehead atoms. The van der Waals surface area contributed by atoms with Crippen molar-refractivity contribution < 1.29 is 9.53 Å². The second kappa shape index (κ2) is 8.39. The molecule has 1 aliphatic heterocycles. The van der Waals surface area contributed by atoms with E-state index in [0.717, 1.165) is 38.4 Å². The smallest absolute Gasteiger partial charge is 0.310 e. The first-order chi connectivity index (χ1) is 10.3. The maximum atomic E-state index is 11.8. The van der Waals surface area contributed by atoms with Crippen LogP contribution < -0.4 is 5.32 Å². The summed E-state index contributed by atoms with van der Waals surface area (Å²) in [5.41, 5.74) is 0.353. The van der Waals surface area contributed by atoms with E-state index in [9.17, 15) is 4.79 Å². The Labute approximate surface area is 135 Å². The van der Waals surface area contributed by atoms with Gasteiger partial charge in [0, 0.05) is 26.2 Å². The molecule has 2 unspecified atom stereocenters. The zero-order valence-electron chi connectivity index (χ0n) is 15.1. The fraction of sp³-hybridized carbons (Fsp3) is 0.882. The summed E-state index contributed by atoms with van der Waals surface area (Å²) in [6.45, 7) is 14.1. The molecule has 0 spiro atoms. The number of likely N-dealkylation sites (tertiary alicyclic amines) is 1. The molecular formula is C17H33N3O2. The summed E-state index contributed by atoms with van der Waals surface area (Å²) in [5.74, 6) is 1.06. The van der Waals surface area contributed by atoms with Gasteiger partial charge in [-0.05, 0) is 31.1 Å². The van der Waals surface area contributed by atoms with Crippen LogP contribution in [-0.4, -0.2) is 50.1 Å². The molecule has 1 rings (SSSR count). The van der Waals surface area contributed by atoms with E-state index in [2.05, 4.69) is 44.8 Å². The lowest BCUT2D eigenvalue weighted by Crippen LogP contribution is -2.40. The van der Waals surface area contributed by atoms with Crippen LogP contribution in [-0.2, 0) is 9.53 Å². The molecule has 0 amide bonds. The van der Waals surface area contributed by atoms with E-state index in [0.29, 0.717) is 17.9 Å². The Morgan fingerprint density at radius 3 is 2.59 bits per heavy atom. The summed E-state index contributed by atoms with van der Waals surface area (Å²) < 4.78 is 4.90. The zero-order chi connectivity index (χ0) is 16.8. The van der Waals surface area contributed by atoms with Gasteiger partial charge in [0.25, 0.3) is 0 Å². The van der Waals surface area contributed by atoms with E-state index >= 15 is 0 Å². The average Bonchev–Trinajstić information content (AvgIpc) is 2.82. The summed E-state index contributed by atoms with van der Waals surface area (Å²) in [7, 11) is 1.46. The summed E-state index contributed by atoms with van der Waals surface area (Å²) in [5, 5.41) is 3.34. The number of hydrogen-bond acceptors (Lipinski definition) is 3. The van der Waals surface area contributed by atoms with Crippen molar-refractivity contribution in [3.8, 4) is 0 Å². The van der Waals surface area contributed by atoms with Crippen LogP contribution in [0.5, 0.6) is 0 Å². The molecule has 5 nitrogen and oxygen atoms in total. The van der Waals surface area contributed by atoms with Gasteiger partial charge in [-0.1, -0.05) is 27.7 Å². The molecule has 0 aromatic rings. The van der Waals surface area contributed by atoms with Crippen molar-refractivity contribution in [3.05, 3.63) is 0 Å². The molecule has 0 radical (unpaired) electrons. The molecule has 1 saturated heterocycles. The van der Waals surface area contributed by atoms with Crippen molar-refractivity contribution in [2.75, 3.05) is 33.3 Å². The lowest BCUT2D eigenvalue weighted by Gasteiger charge is -2.22. The van der Waals surface area contributed by atoms with Gasteiger partial charge in [-0.2, -0.15) is 0 Å². The number of carbonyl (C=O) groups is 1. The largest absolute Gasteiger partial charge is 0.469 e. The van der Waals surface area contributed by atoms with Crippen molar-refractivity contribution in [1.82, 2.24) is 10.2 Å². The zero-order valence-corrected chi connectivity index (χ0v) is 15.1. The van der Waals surface area contributed by atoms with Gasteiger partial charge in [0.15, 0.2) is 5.96 Å². The Balaban J connectivity index is 2.61. The van der Waals surface area contributed by atoms with Crippen LogP contribution in [0.2, 0.25) is 0 Å². The molecule has 1 N–H and O–H groups in total. The third-order valence-corrected chi connectivity index (χ3v) is 4.10. The second-order valence-electron chi connectivity index (χ2n) is 7.41. The van der Waals surface area contributed by atoms with Crippen LogP contribution in [0.25, 0.3) is 0 Å². The number of aliphatic imine (C=N–C) groups is 1. The highest BCUT2D eigenvalue weighted by Crippen LogP contribution is 2.24. The molecule has 1 fully saturated rings. The van der Waals surface area contributed by atoms with Crippen LogP contribution in [0.15, 0.2) is 4.99 Å². The number of carbonyl (C=O) groups excluding carboxylic acids is 1. The Morgan fingerprint density at radius 1 is 1.36 bits per heavy atom. The molecule has 22 heavy (non-hydrogen) atoms. The quantitative estimate of drug-likeness (QED) is 0.367. The van der Waals surface area contributed by atoms with Gasteiger partial charge < -0.3 is 15.0 Å². The minimum Gasteiger partial charge on any atom is -0.469 e. The summed E-state index contributed by atoms with van der Waals surface area (Å²) >= 11 is 0. The number of hydrogen-bond donors (Lipinski definition) is 1. The SMILES string of the molecule is CCNC(=NCCCC(C)(C)C)N1CC(C)C(C(=O)OC)C1. The number of methoxy groups -OCH3 is 1. The van der Waals surface area contributed by atoms with Gasteiger partial charge in [-0.25, -0.2) is 0 Å². The fourth-order valence-electron chi connectivity index (χ4n) is 2.82. The Bertz CT molecular complexity index is 388. The maximum Gasteiger partial charge on any atom is 0.310 e. The van der Waals surface area contributed by atoms with E-state index in [1.807, 2.05) is 0 Å². The van der Waals surface area contributed by atoms with Gasteiger partial charge in [0.2, 0.25) is 0 Å². The van der Waals surface area contributed by atoms with Crippen LogP contribution in [0.4, 0.5) is 0 Å². The Hall–Kier alpha value is -1.26. The number of ether oxygens (including phenoxy) is 1. The summed E-state index contributed by atoms with van der Waals surface area (Å²) in [6, 6.07) is 0. The third kappa shape index (κ3) is 5.85. The highest BCUT2D eigenvalue weighted by atomic mass is 16.5. The maximum absolute atomic E-state index is 11.8. The number of rotatable bonds is 5. The van der Waals surface area contributed by atoms with Gasteiger partial charge in [0.1, 0.15) is 0 Å². The van der Waals surface area contributed by atoms with E-state index in [1.165, 1.54) is 7.11 Å². The van der Waals surface area contributed by atoms with Crippen molar-refractivity contribution in [2.45, 2.75) is 47.5 Å². The van der Waals surface area contributed by atoms with E-state index in [4.69, 9.17) is 9.73 Å². The Kier molecular flexibility index (Phi) is 7.17.